The zero-order valence-electron chi connectivity index (χ0n) is 9.51. The number of nitrogens with zero attached hydrogens (tertiary/aromatic N) is 2. The van der Waals surface area contributed by atoms with E-state index in [9.17, 15) is 12.8 Å². The number of benzene rings is 1. The Hall–Kier alpha value is -1.49. The van der Waals surface area contributed by atoms with Gasteiger partial charge in [-0.1, -0.05) is 6.07 Å². The summed E-state index contributed by atoms with van der Waals surface area (Å²) >= 11 is 0. The first kappa shape index (κ1) is 13.0. The molecule has 1 saturated heterocycles. The van der Waals surface area contributed by atoms with Crippen molar-refractivity contribution in [3.8, 4) is 6.07 Å². The number of piperazine rings is 1. The molecule has 1 N–H and O–H groups in total. The van der Waals surface area contributed by atoms with Crippen molar-refractivity contribution < 1.29 is 12.8 Å². The fraction of sp³-hybridized carbons (Fsp3) is 0.364. The normalized spacial score (nSPS) is 21.4. The molecule has 0 bridgehead atoms. The molecule has 0 amide bonds. The Balaban J connectivity index is 2.39. The third kappa shape index (κ3) is 2.36. The second-order valence-corrected chi connectivity index (χ2v) is 5.81. The van der Waals surface area contributed by atoms with Crippen molar-refractivity contribution in [3.05, 3.63) is 30.1 Å². The number of hydrogen-bond donors (Lipinski definition) is 1. The van der Waals surface area contributed by atoms with Crippen molar-refractivity contribution >= 4 is 10.0 Å². The van der Waals surface area contributed by atoms with Gasteiger partial charge >= 0.3 is 0 Å². The van der Waals surface area contributed by atoms with Crippen molar-refractivity contribution in [3.63, 3.8) is 0 Å². The molecule has 0 aromatic heterocycles. The number of nitriles is 1. The molecule has 2 rings (SSSR count). The van der Waals surface area contributed by atoms with E-state index in [-0.39, 0.29) is 18.0 Å². The molecule has 1 fully saturated rings. The molecule has 1 aliphatic heterocycles. The van der Waals surface area contributed by atoms with Crippen LogP contribution in [0.3, 0.4) is 0 Å². The van der Waals surface area contributed by atoms with Gasteiger partial charge in [-0.3, -0.25) is 0 Å². The van der Waals surface area contributed by atoms with E-state index < -0.39 is 21.9 Å². The van der Waals surface area contributed by atoms with Crippen LogP contribution in [0.1, 0.15) is 0 Å². The van der Waals surface area contributed by atoms with E-state index in [1.54, 1.807) is 0 Å². The first-order valence-corrected chi connectivity index (χ1v) is 6.87. The van der Waals surface area contributed by atoms with E-state index in [1.807, 2.05) is 6.07 Å². The molecule has 1 aromatic rings. The molecule has 0 radical (unpaired) electrons. The minimum atomic E-state index is -3.81. The Morgan fingerprint density at radius 1 is 1.50 bits per heavy atom. The summed E-state index contributed by atoms with van der Waals surface area (Å²) in [5, 5.41) is 11.9. The summed E-state index contributed by atoms with van der Waals surface area (Å²) in [6.07, 6.45) is 0. The predicted octanol–water partition coefficient (Wildman–Crippen LogP) is 0.312. The molecule has 5 nitrogen and oxygen atoms in total. The molecule has 1 aromatic carbocycles. The van der Waals surface area contributed by atoms with Gasteiger partial charge in [-0.25, -0.2) is 12.8 Å². The standard InChI is InChI=1S/C11H12FN3O2S/c12-9-2-1-3-11(6-9)18(16,17)15-5-4-14-8-10(15)7-13/h1-3,6,10,14H,4-5,8H2. The summed E-state index contributed by atoms with van der Waals surface area (Å²) in [5.41, 5.74) is 0. The molecular weight excluding hydrogens is 257 g/mol. The zero-order chi connectivity index (χ0) is 13.2. The molecule has 18 heavy (non-hydrogen) atoms. The van der Waals surface area contributed by atoms with Gasteiger partial charge in [-0.2, -0.15) is 9.57 Å². The molecule has 0 spiro atoms. The van der Waals surface area contributed by atoms with Gasteiger partial charge in [-0.05, 0) is 18.2 Å². The maximum absolute atomic E-state index is 13.1. The Morgan fingerprint density at radius 2 is 2.28 bits per heavy atom. The summed E-state index contributed by atoms with van der Waals surface area (Å²) < 4.78 is 38.8. The van der Waals surface area contributed by atoms with Gasteiger partial charge < -0.3 is 5.32 Å². The van der Waals surface area contributed by atoms with Crippen molar-refractivity contribution in [1.82, 2.24) is 9.62 Å². The third-order valence-electron chi connectivity index (χ3n) is 2.75. The maximum atomic E-state index is 13.1. The average Bonchev–Trinajstić information content (AvgIpc) is 2.38. The Labute approximate surface area is 105 Å². The molecular formula is C11H12FN3O2S. The average molecular weight is 269 g/mol. The topological polar surface area (TPSA) is 73.2 Å². The van der Waals surface area contributed by atoms with Gasteiger partial charge in [0.05, 0.1) is 11.0 Å². The van der Waals surface area contributed by atoms with E-state index in [4.69, 9.17) is 5.26 Å². The first-order chi connectivity index (χ1) is 8.55. The van der Waals surface area contributed by atoms with Crippen LogP contribution in [0.5, 0.6) is 0 Å². The van der Waals surface area contributed by atoms with Crippen LogP contribution >= 0.6 is 0 Å². The van der Waals surface area contributed by atoms with Crippen LogP contribution in [0, 0.1) is 17.1 Å². The Morgan fingerprint density at radius 3 is 2.94 bits per heavy atom. The van der Waals surface area contributed by atoms with Crippen LogP contribution < -0.4 is 5.32 Å². The molecule has 96 valence electrons. The van der Waals surface area contributed by atoms with Gasteiger partial charge in [-0.15, -0.1) is 0 Å². The predicted molar refractivity (Wildman–Crippen MR) is 62.6 cm³/mol. The van der Waals surface area contributed by atoms with E-state index in [0.717, 1.165) is 10.4 Å². The maximum Gasteiger partial charge on any atom is 0.244 e. The van der Waals surface area contributed by atoms with Crippen LogP contribution in [-0.4, -0.2) is 38.4 Å². The third-order valence-corrected chi connectivity index (χ3v) is 4.65. The molecule has 1 atom stereocenters. The van der Waals surface area contributed by atoms with E-state index in [0.29, 0.717) is 6.54 Å². The largest absolute Gasteiger partial charge is 0.313 e. The van der Waals surface area contributed by atoms with Gasteiger partial charge in [0.15, 0.2) is 0 Å². The lowest BCUT2D eigenvalue weighted by atomic mass is 10.3. The van der Waals surface area contributed by atoms with Crippen LogP contribution in [0.4, 0.5) is 4.39 Å². The second kappa shape index (κ2) is 5.02. The van der Waals surface area contributed by atoms with Crippen LogP contribution in [0.25, 0.3) is 0 Å². The molecule has 1 aliphatic rings. The van der Waals surface area contributed by atoms with E-state index in [1.165, 1.54) is 18.2 Å². The number of nitrogens with one attached hydrogen (secondary N) is 1. The summed E-state index contributed by atoms with van der Waals surface area (Å²) in [6, 6.07) is 5.99. The SMILES string of the molecule is N#CC1CNCCN1S(=O)(=O)c1cccc(F)c1. The highest BCUT2D eigenvalue weighted by molar-refractivity contribution is 7.89. The van der Waals surface area contributed by atoms with Crippen LogP contribution in [0.15, 0.2) is 29.2 Å². The number of sulfonamides is 1. The van der Waals surface area contributed by atoms with Crippen molar-refractivity contribution in [2.24, 2.45) is 0 Å². The highest BCUT2D eigenvalue weighted by Crippen LogP contribution is 2.19. The van der Waals surface area contributed by atoms with E-state index in [2.05, 4.69) is 5.32 Å². The van der Waals surface area contributed by atoms with Crippen molar-refractivity contribution in [1.29, 1.82) is 5.26 Å². The molecule has 7 heteroatoms. The lowest BCUT2D eigenvalue weighted by Gasteiger charge is -2.30. The van der Waals surface area contributed by atoms with Gasteiger partial charge in [0.2, 0.25) is 10.0 Å². The molecule has 0 aliphatic carbocycles. The molecule has 1 heterocycles. The van der Waals surface area contributed by atoms with Gasteiger partial charge in [0.1, 0.15) is 11.9 Å². The summed E-state index contributed by atoms with van der Waals surface area (Å²) in [4.78, 5) is -0.121. The summed E-state index contributed by atoms with van der Waals surface area (Å²) in [6.45, 7) is 0.967. The smallest absolute Gasteiger partial charge is 0.244 e. The summed E-state index contributed by atoms with van der Waals surface area (Å²) in [7, 11) is -3.81. The highest BCUT2D eigenvalue weighted by atomic mass is 32.2. The second-order valence-electron chi connectivity index (χ2n) is 3.92. The Kier molecular flexibility index (Phi) is 3.61. The van der Waals surface area contributed by atoms with Crippen LogP contribution in [-0.2, 0) is 10.0 Å². The Bertz CT molecular complexity index is 582. The lowest BCUT2D eigenvalue weighted by Crippen LogP contribution is -2.52. The fourth-order valence-corrected chi connectivity index (χ4v) is 3.42. The van der Waals surface area contributed by atoms with Crippen LogP contribution in [0.2, 0.25) is 0 Å². The monoisotopic (exact) mass is 269 g/mol. The minimum absolute atomic E-state index is 0.121. The van der Waals surface area contributed by atoms with Crippen molar-refractivity contribution in [2.75, 3.05) is 19.6 Å². The number of halogens is 1. The minimum Gasteiger partial charge on any atom is -0.313 e. The molecule has 0 saturated carbocycles. The van der Waals surface area contributed by atoms with Gasteiger partial charge in [0.25, 0.3) is 0 Å². The van der Waals surface area contributed by atoms with Gasteiger partial charge in [0, 0.05) is 19.6 Å². The zero-order valence-corrected chi connectivity index (χ0v) is 10.3. The fourth-order valence-electron chi connectivity index (χ4n) is 1.85. The number of rotatable bonds is 2. The quantitative estimate of drug-likeness (QED) is 0.838. The summed E-state index contributed by atoms with van der Waals surface area (Å²) in [5.74, 6) is -0.611. The first-order valence-electron chi connectivity index (χ1n) is 5.43. The lowest BCUT2D eigenvalue weighted by molar-refractivity contribution is 0.311. The molecule has 1 unspecified atom stereocenters. The van der Waals surface area contributed by atoms with Crippen molar-refractivity contribution in [2.45, 2.75) is 10.9 Å². The highest BCUT2D eigenvalue weighted by Gasteiger charge is 2.33. The van der Waals surface area contributed by atoms with E-state index >= 15 is 0 Å². The number of hydrogen-bond acceptors (Lipinski definition) is 4.